The molecule has 0 saturated heterocycles. The number of nitrogens with two attached hydrogens (primary N) is 1. The molecule has 0 radical (unpaired) electrons. The maximum atomic E-state index is 10.8. The summed E-state index contributed by atoms with van der Waals surface area (Å²) in [5, 5.41) is 17.6. The number of rotatable bonds is 2. The number of benzene rings is 1. The minimum absolute atomic E-state index is 0.0171. The van der Waals surface area contributed by atoms with E-state index in [9.17, 15) is 4.79 Å². The molecule has 14 heavy (non-hydrogen) atoms. The van der Waals surface area contributed by atoms with Gasteiger partial charge < -0.3 is 10.8 Å². The first kappa shape index (κ1) is 10.5. The Balaban J connectivity index is 3.45. The van der Waals surface area contributed by atoms with Gasteiger partial charge in [-0.2, -0.15) is 5.26 Å². The second-order valence-corrected chi connectivity index (χ2v) is 3.01. The molecule has 0 aliphatic carbocycles. The van der Waals surface area contributed by atoms with Gasteiger partial charge in [0.05, 0.1) is 17.2 Å². The number of halogens is 1. The van der Waals surface area contributed by atoms with Gasteiger partial charge in [0.2, 0.25) is 0 Å². The molecule has 3 N–H and O–H groups in total. The Labute approximate surface area is 85.5 Å². The molecular weight excluding hydrogens is 204 g/mol. The van der Waals surface area contributed by atoms with Crippen molar-refractivity contribution in [3.8, 4) is 6.07 Å². The van der Waals surface area contributed by atoms with Crippen LogP contribution in [0.3, 0.4) is 0 Å². The van der Waals surface area contributed by atoms with Crippen molar-refractivity contribution in [3.05, 3.63) is 33.8 Å². The van der Waals surface area contributed by atoms with Crippen LogP contribution in [-0.2, 0) is 6.54 Å². The quantitative estimate of drug-likeness (QED) is 0.772. The predicted molar refractivity (Wildman–Crippen MR) is 51.0 cm³/mol. The van der Waals surface area contributed by atoms with Gasteiger partial charge in [0, 0.05) is 11.6 Å². The van der Waals surface area contributed by atoms with Gasteiger partial charge in [-0.3, -0.25) is 0 Å². The van der Waals surface area contributed by atoms with Gasteiger partial charge in [0.25, 0.3) is 0 Å². The van der Waals surface area contributed by atoms with Crippen LogP contribution in [0.2, 0.25) is 5.02 Å². The van der Waals surface area contributed by atoms with Crippen LogP contribution >= 0.6 is 11.6 Å². The zero-order valence-corrected chi connectivity index (χ0v) is 7.88. The highest BCUT2D eigenvalue weighted by molar-refractivity contribution is 6.32. The van der Waals surface area contributed by atoms with E-state index in [0.717, 1.165) is 0 Å². The van der Waals surface area contributed by atoms with Crippen LogP contribution in [0.15, 0.2) is 12.1 Å². The summed E-state index contributed by atoms with van der Waals surface area (Å²) >= 11 is 5.76. The van der Waals surface area contributed by atoms with Crippen molar-refractivity contribution >= 4 is 17.6 Å². The van der Waals surface area contributed by atoms with Crippen molar-refractivity contribution in [1.29, 1.82) is 5.26 Å². The van der Waals surface area contributed by atoms with E-state index in [1.165, 1.54) is 12.1 Å². The monoisotopic (exact) mass is 210 g/mol. The Morgan fingerprint density at radius 3 is 2.71 bits per heavy atom. The third-order valence-electron chi connectivity index (χ3n) is 1.76. The van der Waals surface area contributed by atoms with Gasteiger partial charge in [-0.25, -0.2) is 4.79 Å². The molecule has 0 atom stereocenters. The van der Waals surface area contributed by atoms with Gasteiger partial charge in [-0.15, -0.1) is 0 Å². The molecule has 0 unspecified atom stereocenters. The van der Waals surface area contributed by atoms with E-state index in [1.54, 1.807) is 0 Å². The van der Waals surface area contributed by atoms with Gasteiger partial charge in [0.1, 0.15) is 0 Å². The van der Waals surface area contributed by atoms with Crippen molar-refractivity contribution in [2.75, 3.05) is 0 Å². The fourth-order valence-corrected chi connectivity index (χ4v) is 1.40. The summed E-state index contributed by atoms with van der Waals surface area (Å²) in [6, 6.07) is 4.49. The average molecular weight is 211 g/mol. The first-order valence-electron chi connectivity index (χ1n) is 3.76. The summed E-state index contributed by atoms with van der Waals surface area (Å²) in [5.41, 5.74) is 5.89. The van der Waals surface area contributed by atoms with E-state index in [0.29, 0.717) is 5.56 Å². The van der Waals surface area contributed by atoms with E-state index in [4.69, 9.17) is 27.7 Å². The third kappa shape index (κ3) is 1.84. The fourth-order valence-electron chi connectivity index (χ4n) is 1.10. The number of carboxylic acids is 1. The molecule has 1 aromatic carbocycles. The number of aromatic carboxylic acids is 1. The van der Waals surface area contributed by atoms with Gasteiger partial charge in [0.15, 0.2) is 0 Å². The number of nitrogens with zero attached hydrogens (tertiary/aromatic N) is 1. The normalized spacial score (nSPS) is 9.50. The lowest BCUT2D eigenvalue weighted by atomic mass is 10.0. The highest BCUT2D eigenvalue weighted by atomic mass is 35.5. The highest BCUT2D eigenvalue weighted by Gasteiger charge is 2.13. The SMILES string of the molecule is N#Cc1cc(Cl)c(CN)c(C(=O)O)c1. The van der Waals surface area contributed by atoms with Crippen LogP contribution in [0.1, 0.15) is 21.5 Å². The maximum Gasteiger partial charge on any atom is 0.336 e. The molecule has 72 valence electrons. The number of hydrogen-bond donors (Lipinski definition) is 2. The van der Waals surface area contributed by atoms with Crippen LogP contribution in [0.5, 0.6) is 0 Å². The van der Waals surface area contributed by atoms with Crippen molar-refractivity contribution in [3.63, 3.8) is 0 Å². The van der Waals surface area contributed by atoms with E-state index < -0.39 is 5.97 Å². The van der Waals surface area contributed by atoms with Gasteiger partial charge in [-0.1, -0.05) is 11.6 Å². The number of hydrogen-bond acceptors (Lipinski definition) is 3. The van der Waals surface area contributed by atoms with E-state index >= 15 is 0 Å². The highest BCUT2D eigenvalue weighted by Crippen LogP contribution is 2.22. The molecule has 0 bridgehead atoms. The van der Waals surface area contributed by atoms with Crippen molar-refractivity contribution in [2.24, 2.45) is 5.73 Å². The minimum atomic E-state index is -1.13. The van der Waals surface area contributed by atoms with E-state index in [2.05, 4.69) is 0 Å². The minimum Gasteiger partial charge on any atom is -0.478 e. The predicted octanol–water partition coefficient (Wildman–Crippen LogP) is 1.37. The molecule has 0 heterocycles. The number of carbonyl (C=O) groups is 1. The summed E-state index contributed by atoms with van der Waals surface area (Å²) < 4.78 is 0. The molecule has 0 aromatic heterocycles. The lowest BCUT2D eigenvalue weighted by Gasteiger charge is -2.05. The van der Waals surface area contributed by atoms with Crippen LogP contribution in [0.4, 0.5) is 0 Å². The Hall–Kier alpha value is -1.57. The summed E-state index contributed by atoms with van der Waals surface area (Å²) in [6.45, 7) is 0.0339. The summed E-state index contributed by atoms with van der Waals surface area (Å²) in [4.78, 5) is 10.8. The molecule has 1 aromatic rings. The summed E-state index contributed by atoms with van der Waals surface area (Å²) in [6.07, 6.45) is 0. The van der Waals surface area contributed by atoms with Crippen molar-refractivity contribution in [1.82, 2.24) is 0 Å². The number of nitriles is 1. The second-order valence-electron chi connectivity index (χ2n) is 2.61. The topological polar surface area (TPSA) is 87.1 Å². The lowest BCUT2D eigenvalue weighted by Crippen LogP contribution is -2.08. The smallest absolute Gasteiger partial charge is 0.336 e. The van der Waals surface area contributed by atoms with Crippen LogP contribution in [0, 0.1) is 11.3 Å². The molecular formula is C9H7ClN2O2. The third-order valence-corrected chi connectivity index (χ3v) is 2.10. The van der Waals surface area contributed by atoms with Gasteiger partial charge in [-0.05, 0) is 17.7 Å². The fraction of sp³-hybridized carbons (Fsp3) is 0.111. The van der Waals surface area contributed by atoms with Crippen molar-refractivity contribution < 1.29 is 9.90 Å². The Morgan fingerprint density at radius 1 is 1.64 bits per heavy atom. The molecule has 1 rings (SSSR count). The summed E-state index contributed by atoms with van der Waals surface area (Å²) in [5.74, 6) is -1.13. The van der Waals surface area contributed by atoms with Crippen LogP contribution in [-0.4, -0.2) is 11.1 Å². The number of carboxylic acid groups (broad SMARTS) is 1. The standard InChI is InChI=1S/C9H7ClN2O2/c10-8-2-5(3-11)1-6(9(13)14)7(8)4-12/h1-2H,4,12H2,(H,13,14). The molecule has 0 saturated carbocycles. The molecule has 5 heteroatoms. The first-order valence-corrected chi connectivity index (χ1v) is 4.13. The average Bonchev–Trinajstić information content (AvgIpc) is 2.16. The van der Waals surface area contributed by atoms with Crippen LogP contribution < -0.4 is 5.73 Å². The molecule has 0 spiro atoms. The molecule has 4 nitrogen and oxygen atoms in total. The lowest BCUT2D eigenvalue weighted by molar-refractivity contribution is 0.0695. The molecule has 0 amide bonds. The zero-order valence-electron chi connectivity index (χ0n) is 7.12. The van der Waals surface area contributed by atoms with Crippen LogP contribution in [0.25, 0.3) is 0 Å². The zero-order chi connectivity index (χ0) is 10.7. The second kappa shape index (κ2) is 4.09. The van der Waals surface area contributed by atoms with Gasteiger partial charge >= 0.3 is 5.97 Å². The molecule has 0 fully saturated rings. The Bertz CT molecular complexity index is 424. The molecule has 0 aliphatic rings. The molecule has 0 aliphatic heterocycles. The Kier molecular flexibility index (Phi) is 3.07. The van der Waals surface area contributed by atoms with E-state index in [1.807, 2.05) is 6.07 Å². The largest absolute Gasteiger partial charge is 0.478 e. The van der Waals surface area contributed by atoms with Crippen molar-refractivity contribution in [2.45, 2.75) is 6.54 Å². The van der Waals surface area contributed by atoms with E-state index in [-0.39, 0.29) is 22.7 Å². The Morgan fingerprint density at radius 2 is 2.29 bits per heavy atom. The first-order chi connectivity index (χ1) is 6.60. The maximum absolute atomic E-state index is 10.8. The summed E-state index contributed by atoms with van der Waals surface area (Å²) in [7, 11) is 0.